The standard InChI is InChI=1S/C21H21FN3O2.BrH/c1-15(16-5-3-6-19(13-16)27-2)25-20-23-11-4-12-24(20)14-21(25,26)17-7-9-18(22)10-8-17;/h3-13,15,26H,14H2,1-2H3;1H/q+1;/p-1. The predicted molar refractivity (Wildman–Crippen MR) is 98.6 cm³/mol. The highest BCUT2D eigenvalue weighted by molar-refractivity contribution is 5.43. The zero-order valence-electron chi connectivity index (χ0n) is 15.6. The summed E-state index contributed by atoms with van der Waals surface area (Å²) in [6.45, 7) is 2.31. The Morgan fingerprint density at radius 3 is 2.68 bits per heavy atom. The van der Waals surface area contributed by atoms with Crippen LogP contribution in [0.25, 0.3) is 0 Å². The van der Waals surface area contributed by atoms with Gasteiger partial charge in [0.2, 0.25) is 5.72 Å². The molecule has 2 atom stereocenters. The average Bonchev–Trinajstić information content (AvgIpc) is 3.01. The molecule has 2 aromatic carbocycles. The maximum Gasteiger partial charge on any atom is 0.397 e. The smallest absolute Gasteiger partial charge is 0.397 e. The molecule has 0 aliphatic carbocycles. The van der Waals surface area contributed by atoms with Crippen molar-refractivity contribution in [2.75, 3.05) is 12.0 Å². The van der Waals surface area contributed by atoms with Crippen molar-refractivity contribution in [3.63, 3.8) is 0 Å². The van der Waals surface area contributed by atoms with Crippen LogP contribution in [0.4, 0.5) is 10.3 Å². The van der Waals surface area contributed by atoms with E-state index in [0.717, 1.165) is 11.3 Å². The van der Waals surface area contributed by atoms with Gasteiger partial charge >= 0.3 is 5.95 Å². The van der Waals surface area contributed by atoms with Crippen molar-refractivity contribution in [2.45, 2.75) is 25.2 Å². The second-order valence-corrected chi connectivity index (χ2v) is 6.69. The van der Waals surface area contributed by atoms with Crippen LogP contribution in [-0.4, -0.2) is 17.2 Å². The SMILES string of the molecule is COc1cccc(C(C)N2c3nccc[n+]3CC2(O)c2ccc(F)cc2)c1.[Br-]. The molecule has 0 radical (unpaired) electrons. The van der Waals surface area contributed by atoms with Crippen molar-refractivity contribution in [1.82, 2.24) is 4.98 Å². The zero-order chi connectivity index (χ0) is 19.0. The number of halogens is 2. The Balaban J connectivity index is 0.00000225. The highest BCUT2D eigenvalue weighted by Gasteiger charge is 2.53. The highest BCUT2D eigenvalue weighted by Crippen LogP contribution is 2.40. The van der Waals surface area contributed by atoms with Gasteiger partial charge in [-0.25, -0.2) is 13.9 Å². The number of anilines is 1. The van der Waals surface area contributed by atoms with Crippen molar-refractivity contribution >= 4 is 5.95 Å². The first-order chi connectivity index (χ1) is 13.0. The Morgan fingerprint density at radius 2 is 1.96 bits per heavy atom. The fraction of sp³-hybridized carbons (Fsp3) is 0.238. The predicted octanol–water partition coefficient (Wildman–Crippen LogP) is -0.0527. The summed E-state index contributed by atoms with van der Waals surface area (Å²) >= 11 is 0. The molecule has 3 aromatic rings. The fourth-order valence-electron chi connectivity index (χ4n) is 3.69. The summed E-state index contributed by atoms with van der Waals surface area (Å²) in [6, 6.07) is 15.3. The van der Waals surface area contributed by atoms with E-state index in [4.69, 9.17) is 4.74 Å². The first-order valence-electron chi connectivity index (χ1n) is 8.79. The van der Waals surface area contributed by atoms with Gasteiger partial charge in [-0.05, 0) is 48.9 Å². The van der Waals surface area contributed by atoms with Gasteiger partial charge in [0.05, 0.1) is 13.3 Å². The van der Waals surface area contributed by atoms with Crippen LogP contribution < -0.4 is 31.2 Å². The molecule has 28 heavy (non-hydrogen) atoms. The number of ether oxygens (including phenoxy) is 1. The molecule has 0 spiro atoms. The second kappa shape index (κ2) is 7.85. The van der Waals surface area contributed by atoms with E-state index in [9.17, 15) is 9.50 Å². The van der Waals surface area contributed by atoms with Gasteiger partial charge in [0.25, 0.3) is 0 Å². The Bertz CT molecular complexity index is 970. The quantitative estimate of drug-likeness (QED) is 0.572. The van der Waals surface area contributed by atoms with Gasteiger partial charge in [0, 0.05) is 11.6 Å². The number of nitrogens with zero attached hydrogens (tertiary/aromatic N) is 3. The van der Waals surface area contributed by atoms with Crippen molar-refractivity contribution in [1.29, 1.82) is 0 Å². The zero-order valence-corrected chi connectivity index (χ0v) is 17.2. The van der Waals surface area contributed by atoms with Crippen LogP contribution >= 0.6 is 0 Å². The molecule has 1 aliphatic heterocycles. The monoisotopic (exact) mass is 445 g/mol. The summed E-state index contributed by atoms with van der Waals surface area (Å²) in [4.78, 5) is 6.36. The number of hydrogen-bond donors (Lipinski definition) is 1. The second-order valence-electron chi connectivity index (χ2n) is 6.69. The molecule has 0 bridgehead atoms. The van der Waals surface area contributed by atoms with Gasteiger partial charge in [-0.15, -0.1) is 0 Å². The Kier molecular flexibility index (Phi) is 5.67. The summed E-state index contributed by atoms with van der Waals surface area (Å²) in [7, 11) is 1.63. The third-order valence-corrected chi connectivity index (χ3v) is 5.07. The lowest BCUT2D eigenvalue weighted by Crippen LogP contribution is -3.00. The van der Waals surface area contributed by atoms with Crippen LogP contribution in [0.15, 0.2) is 67.0 Å². The van der Waals surface area contributed by atoms with Crippen LogP contribution in [0.1, 0.15) is 24.1 Å². The van der Waals surface area contributed by atoms with E-state index in [1.807, 2.05) is 52.9 Å². The Hall–Kier alpha value is -2.51. The lowest BCUT2D eigenvalue weighted by Gasteiger charge is -2.33. The molecule has 5 nitrogen and oxygen atoms in total. The van der Waals surface area contributed by atoms with Gasteiger partial charge in [-0.3, -0.25) is 0 Å². The number of aliphatic hydroxyl groups is 1. The number of aromatic nitrogens is 2. The molecule has 0 amide bonds. The number of benzene rings is 2. The molecule has 2 unspecified atom stereocenters. The molecule has 1 aromatic heterocycles. The molecule has 146 valence electrons. The highest BCUT2D eigenvalue weighted by atomic mass is 79.9. The van der Waals surface area contributed by atoms with E-state index in [0.29, 0.717) is 18.1 Å². The van der Waals surface area contributed by atoms with Crippen molar-refractivity contribution in [2.24, 2.45) is 0 Å². The first-order valence-corrected chi connectivity index (χ1v) is 8.79. The minimum Gasteiger partial charge on any atom is -1.00 e. The first kappa shape index (κ1) is 20.2. The molecule has 1 aliphatic rings. The molecular weight excluding hydrogens is 425 g/mol. The van der Waals surface area contributed by atoms with Crippen LogP contribution in [-0.2, 0) is 12.3 Å². The molecular formula is C21H21BrFN3O2. The lowest BCUT2D eigenvalue weighted by molar-refractivity contribution is -0.685. The van der Waals surface area contributed by atoms with Gasteiger partial charge in [0.15, 0.2) is 0 Å². The minimum atomic E-state index is -1.35. The number of hydrogen-bond acceptors (Lipinski definition) is 4. The van der Waals surface area contributed by atoms with Crippen molar-refractivity contribution in [3.05, 3.63) is 83.9 Å². The van der Waals surface area contributed by atoms with Gasteiger partial charge in [-0.1, -0.05) is 17.1 Å². The molecule has 7 heteroatoms. The number of methoxy groups -OCH3 is 1. The summed E-state index contributed by atoms with van der Waals surface area (Å²) in [5.74, 6) is 1.06. The molecule has 0 saturated heterocycles. The van der Waals surface area contributed by atoms with Gasteiger partial charge in [0.1, 0.15) is 30.4 Å². The minimum absolute atomic E-state index is 0. The Morgan fingerprint density at radius 1 is 1.21 bits per heavy atom. The van der Waals surface area contributed by atoms with Crippen LogP contribution in [0.2, 0.25) is 0 Å². The van der Waals surface area contributed by atoms with E-state index in [-0.39, 0.29) is 28.8 Å². The van der Waals surface area contributed by atoms with Gasteiger partial charge in [-0.2, -0.15) is 0 Å². The molecule has 0 saturated carbocycles. The van der Waals surface area contributed by atoms with Gasteiger partial charge < -0.3 is 26.8 Å². The summed E-state index contributed by atoms with van der Waals surface area (Å²) in [6.07, 6.45) is 3.59. The van der Waals surface area contributed by atoms with Crippen LogP contribution in [0.5, 0.6) is 5.75 Å². The van der Waals surface area contributed by atoms with E-state index in [1.54, 1.807) is 25.4 Å². The molecule has 2 heterocycles. The number of fused-ring (bicyclic) bond motifs is 1. The maximum atomic E-state index is 13.4. The van der Waals surface area contributed by atoms with Crippen LogP contribution in [0.3, 0.4) is 0 Å². The number of rotatable bonds is 4. The van der Waals surface area contributed by atoms with E-state index >= 15 is 0 Å². The van der Waals surface area contributed by atoms with E-state index in [1.165, 1.54) is 12.1 Å². The summed E-state index contributed by atoms with van der Waals surface area (Å²) < 4.78 is 20.7. The summed E-state index contributed by atoms with van der Waals surface area (Å²) in [5.41, 5.74) is 0.246. The summed E-state index contributed by atoms with van der Waals surface area (Å²) in [5, 5.41) is 11.7. The largest absolute Gasteiger partial charge is 1.00 e. The van der Waals surface area contributed by atoms with E-state index in [2.05, 4.69) is 4.98 Å². The third-order valence-electron chi connectivity index (χ3n) is 5.07. The topological polar surface area (TPSA) is 49.5 Å². The normalized spacial score (nSPS) is 18.9. The van der Waals surface area contributed by atoms with Crippen LogP contribution in [0, 0.1) is 5.82 Å². The van der Waals surface area contributed by atoms with Crippen molar-refractivity contribution in [3.8, 4) is 5.75 Å². The molecule has 4 rings (SSSR count). The average molecular weight is 446 g/mol. The van der Waals surface area contributed by atoms with E-state index < -0.39 is 5.72 Å². The molecule has 1 N–H and O–H groups in total. The molecule has 0 fully saturated rings. The lowest BCUT2D eigenvalue weighted by atomic mass is 9.98. The fourth-order valence-corrected chi connectivity index (χ4v) is 3.69. The maximum absolute atomic E-state index is 13.4. The van der Waals surface area contributed by atoms with Crippen molar-refractivity contribution < 1.29 is 35.8 Å². The third kappa shape index (κ3) is 3.36. The Labute approximate surface area is 173 Å².